The molecule has 4 saturated heterocycles. The number of piperazine rings is 1. The van der Waals surface area contributed by atoms with Crippen LogP contribution < -0.4 is 35.6 Å². The fraction of sp³-hybridized carbons (Fsp3) is 0.385. The lowest BCUT2D eigenvalue weighted by atomic mass is 9.95. The molecule has 6 amide bonds. The molecule has 7 heterocycles. The number of carbonyl (C=O) groups is 6. The molecule has 1 saturated carbocycles. The van der Waals surface area contributed by atoms with Gasteiger partial charge >= 0.3 is 0 Å². The summed E-state index contributed by atoms with van der Waals surface area (Å²) in [6, 6.07) is 19.9. The molecule has 2 bridgehead atoms. The van der Waals surface area contributed by atoms with Gasteiger partial charge in [-0.25, -0.2) is 9.37 Å². The Morgan fingerprint density at radius 3 is 2.21 bits per heavy atom. The van der Waals surface area contributed by atoms with Crippen LogP contribution in [0.4, 0.5) is 27.3 Å². The Morgan fingerprint density at radius 2 is 1.54 bits per heavy atom. The van der Waals surface area contributed by atoms with E-state index in [1.54, 1.807) is 49.7 Å². The Bertz CT molecular complexity index is 2960. The van der Waals surface area contributed by atoms with Crippen LogP contribution in [0.1, 0.15) is 60.9 Å². The maximum atomic E-state index is 13.3. The van der Waals surface area contributed by atoms with Gasteiger partial charge in [0, 0.05) is 86.9 Å². The van der Waals surface area contributed by atoms with E-state index in [4.69, 9.17) is 14.5 Å². The number of likely N-dealkylation sites (tertiary alicyclic amines) is 2. The Kier molecular flexibility index (Phi) is 12.1. The molecule has 1 aliphatic carbocycles. The van der Waals surface area contributed by atoms with Crippen LogP contribution in [0.2, 0.25) is 0 Å². The second-order valence-electron chi connectivity index (χ2n) is 19.5. The Hall–Kier alpha value is -7.51. The Labute approximate surface area is 408 Å². The summed E-state index contributed by atoms with van der Waals surface area (Å²) >= 11 is 0. The van der Waals surface area contributed by atoms with Crippen LogP contribution in [0.5, 0.6) is 17.2 Å². The lowest BCUT2D eigenvalue weighted by Gasteiger charge is -2.39. The highest BCUT2D eigenvalue weighted by Gasteiger charge is 2.56. The second-order valence-corrected chi connectivity index (χ2v) is 19.5. The first-order valence-electron chi connectivity index (χ1n) is 24.2. The molecule has 366 valence electrons. The molecule has 1 unspecified atom stereocenters. The molecule has 71 heavy (non-hydrogen) atoms. The van der Waals surface area contributed by atoms with Crippen molar-refractivity contribution in [1.29, 1.82) is 0 Å². The van der Waals surface area contributed by atoms with Crippen molar-refractivity contribution in [2.24, 2.45) is 11.3 Å². The summed E-state index contributed by atoms with van der Waals surface area (Å²) in [5, 5.41) is 11.6. The van der Waals surface area contributed by atoms with Gasteiger partial charge in [0.2, 0.25) is 29.5 Å². The SMILES string of the molecule is COc1cc2c(Oc3ccc(NC(=O)C4(C(=O)Nc5ccc(F)cc5)CC4)cc3)ccnc2cc1N1CCC(CN2C[C@H]3C[C@@H]2CN3CC(=O)Nc2cc3c(cn2)C(=O)N(C2CCC(=O)NC2=O)C3)CC1. The van der Waals surface area contributed by atoms with Crippen LogP contribution in [0.25, 0.3) is 10.9 Å². The van der Waals surface area contributed by atoms with Crippen LogP contribution in [0, 0.1) is 17.2 Å². The minimum absolute atomic E-state index is 0.161. The smallest absolute Gasteiger partial charge is 0.256 e. The van der Waals surface area contributed by atoms with Crippen molar-refractivity contribution in [3.8, 4) is 17.2 Å². The largest absolute Gasteiger partial charge is 0.495 e. The number of methoxy groups -OCH3 is 1. The highest BCUT2D eigenvalue weighted by atomic mass is 19.1. The highest BCUT2D eigenvalue weighted by Crippen LogP contribution is 2.48. The number of benzene rings is 3. The van der Waals surface area contributed by atoms with E-state index in [0.29, 0.717) is 70.7 Å². The van der Waals surface area contributed by atoms with Gasteiger partial charge in [-0.15, -0.1) is 0 Å². The van der Waals surface area contributed by atoms with E-state index in [1.807, 2.05) is 6.07 Å². The van der Waals surface area contributed by atoms with Crippen molar-refractivity contribution in [1.82, 2.24) is 30.0 Å². The van der Waals surface area contributed by atoms with Crippen LogP contribution in [0.3, 0.4) is 0 Å². The van der Waals surface area contributed by atoms with Crippen molar-refractivity contribution in [3.05, 3.63) is 102 Å². The van der Waals surface area contributed by atoms with Crippen LogP contribution in [0.15, 0.2) is 85.2 Å². The van der Waals surface area contributed by atoms with E-state index in [-0.39, 0.29) is 43.7 Å². The van der Waals surface area contributed by atoms with Gasteiger partial charge in [0.05, 0.1) is 30.4 Å². The molecule has 5 fully saturated rings. The third-order valence-corrected chi connectivity index (χ3v) is 15.0. The van der Waals surface area contributed by atoms with E-state index < -0.39 is 35.0 Å². The molecule has 0 spiro atoms. The number of amides is 6. The average Bonchev–Trinajstić information content (AvgIpc) is 3.84. The molecule has 3 atom stereocenters. The monoisotopic (exact) mass is 964 g/mol. The number of hydrogen-bond donors (Lipinski definition) is 4. The zero-order valence-corrected chi connectivity index (χ0v) is 39.1. The number of hydrogen-bond acceptors (Lipinski definition) is 13. The average molecular weight is 965 g/mol. The van der Waals surface area contributed by atoms with Crippen LogP contribution >= 0.6 is 0 Å². The number of anilines is 4. The standard InChI is InChI=1S/C52H53FN10O8/c1-70-44-22-38-40(54-17-12-43(38)71-37-8-6-34(7-9-37)57-51(69)52(15-16-52)50(68)56-33-4-2-32(53)3-5-33)23-42(44)60-18-13-30(14-19-60)25-61-27-36-21-35(61)28-62(36)29-47(65)58-45-20-31-26-63(49(67)39(31)24-55-45)41-10-11-46(64)59-48(41)66/h2-9,12,17,20,22-24,30,35-36,41H,10-11,13-16,18-19,21,25-29H2,1H3,(H,56,68)(H,57,69)(H,55,58,65)(H,59,64,66)/t35-,36-,41?/m1/s1. The number of piperidine rings is 2. The molecule has 19 heteroatoms. The van der Waals surface area contributed by atoms with E-state index in [0.717, 1.165) is 74.3 Å². The number of pyridine rings is 2. The molecule has 3 aromatic carbocycles. The molecule has 5 aromatic rings. The maximum absolute atomic E-state index is 13.3. The Balaban J connectivity index is 0.646. The van der Waals surface area contributed by atoms with Gasteiger partial charge in [0.1, 0.15) is 40.3 Å². The first-order valence-corrected chi connectivity index (χ1v) is 24.2. The van der Waals surface area contributed by atoms with Crippen molar-refractivity contribution >= 4 is 69.2 Å². The van der Waals surface area contributed by atoms with Gasteiger partial charge < -0.3 is 35.2 Å². The third-order valence-electron chi connectivity index (χ3n) is 15.0. The first kappa shape index (κ1) is 45.9. The fourth-order valence-corrected chi connectivity index (χ4v) is 10.9. The number of nitrogens with zero attached hydrogens (tertiary/aromatic N) is 6. The molecule has 18 nitrogen and oxygen atoms in total. The predicted octanol–water partition coefficient (Wildman–Crippen LogP) is 5.30. The molecule has 2 aromatic heterocycles. The maximum Gasteiger partial charge on any atom is 0.256 e. The number of carbonyl (C=O) groups excluding carboxylic acids is 6. The van der Waals surface area contributed by atoms with Gasteiger partial charge in [-0.3, -0.25) is 48.9 Å². The summed E-state index contributed by atoms with van der Waals surface area (Å²) in [5.41, 5.74) is 2.60. The molecular weight excluding hydrogens is 912 g/mol. The van der Waals surface area contributed by atoms with Crippen molar-refractivity contribution in [2.45, 2.75) is 69.6 Å². The van der Waals surface area contributed by atoms with Gasteiger partial charge in [-0.1, -0.05) is 0 Å². The third kappa shape index (κ3) is 9.22. The quantitative estimate of drug-likeness (QED) is 0.0825. The molecule has 4 N–H and O–H groups in total. The highest BCUT2D eigenvalue weighted by molar-refractivity contribution is 6.17. The normalized spacial score (nSPS) is 21.8. The number of halogens is 1. The second kappa shape index (κ2) is 18.7. The summed E-state index contributed by atoms with van der Waals surface area (Å²) in [6.45, 7) is 4.98. The summed E-state index contributed by atoms with van der Waals surface area (Å²) in [7, 11) is 1.67. The zero-order chi connectivity index (χ0) is 49.0. The predicted molar refractivity (Wildman–Crippen MR) is 259 cm³/mol. The lowest BCUT2D eigenvalue weighted by molar-refractivity contribution is -0.137. The number of aromatic nitrogens is 2. The van der Waals surface area contributed by atoms with Gasteiger partial charge in [-0.05, 0) is 123 Å². The van der Waals surface area contributed by atoms with Gasteiger partial charge in [0.15, 0.2) is 0 Å². The van der Waals surface area contributed by atoms with E-state index in [9.17, 15) is 33.2 Å². The summed E-state index contributed by atoms with van der Waals surface area (Å²) in [4.78, 5) is 94.4. The molecule has 0 radical (unpaired) electrons. The number of fused-ring (bicyclic) bond motifs is 4. The van der Waals surface area contributed by atoms with Gasteiger partial charge in [-0.2, -0.15) is 0 Å². The number of nitrogens with one attached hydrogen (secondary N) is 4. The summed E-state index contributed by atoms with van der Waals surface area (Å²) < 4.78 is 25.6. The molecule has 11 rings (SSSR count). The van der Waals surface area contributed by atoms with Gasteiger partial charge in [0.25, 0.3) is 5.91 Å². The summed E-state index contributed by atoms with van der Waals surface area (Å²) in [5.74, 6) is 0.269. The lowest BCUT2D eigenvalue weighted by Crippen LogP contribution is -2.52. The number of rotatable bonds is 14. The van der Waals surface area contributed by atoms with Crippen molar-refractivity contribution in [2.75, 3.05) is 67.2 Å². The van der Waals surface area contributed by atoms with E-state index in [2.05, 4.69) is 47.0 Å². The topological polar surface area (TPSA) is 208 Å². The molecule has 6 aliphatic rings. The van der Waals surface area contributed by atoms with Crippen molar-refractivity contribution < 1.29 is 42.6 Å². The van der Waals surface area contributed by atoms with Crippen molar-refractivity contribution in [3.63, 3.8) is 0 Å². The van der Waals surface area contributed by atoms with Crippen LogP contribution in [-0.4, -0.2) is 125 Å². The molecular formula is C52H53FN10O8. The number of imide groups is 1. The minimum Gasteiger partial charge on any atom is -0.495 e. The first-order chi connectivity index (χ1) is 34.4. The number of ether oxygens (including phenoxy) is 2. The molecule has 5 aliphatic heterocycles. The van der Waals surface area contributed by atoms with E-state index >= 15 is 0 Å². The summed E-state index contributed by atoms with van der Waals surface area (Å²) in [6.07, 6.45) is 7.55. The zero-order valence-electron chi connectivity index (χ0n) is 39.1. The minimum atomic E-state index is -1.18. The Morgan fingerprint density at radius 1 is 0.831 bits per heavy atom. The van der Waals surface area contributed by atoms with E-state index in [1.165, 1.54) is 35.4 Å². The van der Waals surface area contributed by atoms with Crippen LogP contribution in [-0.2, 0) is 30.5 Å². The fourth-order valence-electron chi connectivity index (χ4n) is 10.9.